The van der Waals surface area contributed by atoms with Gasteiger partial charge in [0, 0.05) is 35.0 Å². The van der Waals surface area contributed by atoms with Crippen molar-refractivity contribution in [1.82, 2.24) is 0 Å². The lowest BCUT2D eigenvalue weighted by Crippen LogP contribution is -2.42. The summed E-state index contributed by atoms with van der Waals surface area (Å²) in [5.41, 5.74) is 5.61. The number of nitrogens with zero attached hydrogens (tertiary/aromatic N) is 2. The Morgan fingerprint density at radius 1 is 1.26 bits per heavy atom. The lowest BCUT2D eigenvalue weighted by Gasteiger charge is -2.41. The van der Waals surface area contributed by atoms with Crippen LogP contribution in [0.4, 0.5) is 5.69 Å². The number of hydrogen-bond donors (Lipinski definition) is 0. The molecule has 27 heavy (non-hydrogen) atoms. The summed E-state index contributed by atoms with van der Waals surface area (Å²) in [7, 11) is 3.74. The Bertz CT molecular complexity index is 996. The molecule has 2 aromatic rings. The molecule has 2 aromatic carbocycles. The van der Waals surface area contributed by atoms with Crippen molar-refractivity contribution < 1.29 is 4.74 Å². The van der Waals surface area contributed by atoms with Crippen molar-refractivity contribution in [2.75, 3.05) is 19.1 Å². The number of allylic oxidation sites excluding steroid dienone is 2. The van der Waals surface area contributed by atoms with Crippen molar-refractivity contribution >= 4 is 34.5 Å². The van der Waals surface area contributed by atoms with Crippen LogP contribution >= 0.6 is 11.6 Å². The summed E-state index contributed by atoms with van der Waals surface area (Å²) in [5, 5.41) is 10.3. The minimum Gasteiger partial charge on any atom is -0.496 e. The van der Waals surface area contributed by atoms with Gasteiger partial charge in [-0.1, -0.05) is 29.8 Å². The van der Waals surface area contributed by atoms with Gasteiger partial charge in [0.25, 0.3) is 0 Å². The average Bonchev–Trinajstić information content (AvgIpc) is 2.63. The number of anilines is 1. The molecule has 3 rings (SSSR count). The first-order chi connectivity index (χ1) is 12.8. The van der Waals surface area contributed by atoms with Crippen LogP contribution in [0, 0.1) is 11.3 Å². The van der Waals surface area contributed by atoms with E-state index in [4.69, 9.17) is 16.3 Å². The molecule has 0 spiro atoms. The molecule has 1 heterocycles. The fraction of sp³-hybridized carbons (Fsp3) is 0.261. The fourth-order valence-corrected chi connectivity index (χ4v) is 3.67. The molecule has 0 radical (unpaired) electrons. The summed E-state index contributed by atoms with van der Waals surface area (Å²) in [4.78, 5) is 2.24. The highest BCUT2D eigenvalue weighted by molar-refractivity contribution is 6.30. The lowest BCUT2D eigenvalue weighted by molar-refractivity contribution is 0.413. The van der Waals surface area contributed by atoms with E-state index in [1.54, 1.807) is 19.2 Å². The van der Waals surface area contributed by atoms with Gasteiger partial charge in [0.1, 0.15) is 5.75 Å². The zero-order valence-electron chi connectivity index (χ0n) is 16.3. The number of likely N-dealkylation sites (N-methyl/N-ethyl adjacent to an activating group) is 1. The SMILES string of the molecule is COc1cc2c(cc1/C=C(\C#N)c1cccc(Cl)c1)C(C)=CC(C)(C)N2C. The molecule has 3 nitrogen and oxygen atoms in total. The smallest absolute Gasteiger partial charge is 0.128 e. The van der Waals surface area contributed by atoms with E-state index in [0.717, 1.165) is 28.1 Å². The normalized spacial score (nSPS) is 15.7. The first kappa shape index (κ1) is 19.1. The quantitative estimate of drug-likeness (QED) is 0.482. The van der Waals surface area contributed by atoms with Crippen LogP contribution in [0.2, 0.25) is 5.02 Å². The van der Waals surface area contributed by atoms with Crippen LogP contribution in [0.3, 0.4) is 0 Å². The van der Waals surface area contributed by atoms with Crippen molar-refractivity contribution in [2.24, 2.45) is 0 Å². The molecule has 0 unspecified atom stereocenters. The molecule has 0 aliphatic carbocycles. The zero-order valence-corrected chi connectivity index (χ0v) is 17.1. The maximum Gasteiger partial charge on any atom is 0.128 e. The zero-order chi connectivity index (χ0) is 19.8. The molecule has 0 N–H and O–H groups in total. The highest BCUT2D eigenvalue weighted by Crippen LogP contribution is 2.42. The predicted molar refractivity (Wildman–Crippen MR) is 114 cm³/mol. The van der Waals surface area contributed by atoms with Crippen molar-refractivity contribution in [3.8, 4) is 11.8 Å². The van der Waals surface area contributed by atoms with E-state index in [2.05, 4.69) is 50.9 Å². The topological polar surface area (TPSA) is 36.3 Å². The summed E-state index contributed by atoms with van der Waals surface area (Å²) in [6, 6.07) is 13.7. The van der Waals surface area contributed by atoms with Gasteiger partial charge < -0.3 is 9.64 Å². The van der Waals surface area contributed by atoms with Gasteiger partial charge in [-0.2, -0.15) is 5.26 Å². The Hall–Kier alpha value is -2.70. The summed E-state index contributed by atoms with van der Waals surface area (Å²) >= 11 is 6.09. The molecule has 0 aromatic heterocycles. The number of ether oxygens (including phenoxy) is 1. The highest BCUT2D eigenvalue weighted by Gasteiger charge is 2.29. The average molecular weight is 379 g/mol. The second kappa shape index (κ2) is 7.13. The molecule has 138 valence electrons. The van der Waals surface area contributed by atoms with Crippen molar-refractivity contribution in [2.45, 2.75) is 26.3 Å². The first-order valence-electron chi connectivity index (χ1n) is 8.80. The Kier molecular flexibility index (Phi) is 5.04. The number of nitriles is 1. The highest BCUT2D eigenvalue weighted by atomic mass is 35.5. The molecule has 0 atom stereocenters. The predicted octanol–water partition coefficient (Wildman–Crippen LogP) is 6.04. The van der Waals surface area contributed by atoms with Crippen LogP contribution in [0.25, 0.3) is 17.2 Å². The summed E-state index contributed by atoms with van der Waals surface area (Å²) < 4.78 is 5.64. The number of fused-ring (bicyclic) bond motifs is 1. The van der Waals surface area contributed by atoms with Gasteiger partial charge in [-0.05, 0) is 56.2 Å². The third kappa shape index (κ3) is 3.59. The second-order valence-electron chi connectivity index (χ2n) is 7.33. The number of methoxy groups -OCH3 is 1. The summed E-state index contributed by atoms with van der Waals surface area (Å²) in [6.45, 7) is 6.50. The summed E-state index contributed by atoms with van der Waals surface area (Å²) in [6.07, 6.45) is 4.12. The fourth-order valence-electron chi connectivity index (χ4n) is 3.48. The Morgan fingerprint density at radius 3 is 2.63 bits per heavy atom. The third-order valence-corrected chi connectivity index (χ3v) is 5.36. The molecular weight excluding hydrogens is 356 g/mol. The monoisotopic (exact) mass is 378 g/mol. The van der Waals surface area contributed by atoms with Crippen molar-refractivity contribution in [3.05, 3.63) is 64.2 Å². The molecule has 1 aliphatic heterocycles. The van der Waals surface area contributed by atoms with Crippen LogP contribution in [-0.2, 0) is 0 Å². The minimum atomic E-state index is -0.0714. The van der Waals surface area contributed by atoms with Gasteiger partial charge in [-0.25, -0.2) is 0 Å². The van der Waals surface area contributed by atoms with E-state index in [-0.39, 0.29) is 5.54 Å². The van der Waals surface area contributed by atoms with Crippen molar-refractivity contribution in [3.63, 3.8) is 0 Å². The molecular formula is C23H23ClN2O. The minimum absolute atomic E-state index is 0.0714. The van der Waals surface area contributed by atoms with Crippen molar-refractivity contribution in [1.29, 1.82) is 5.26 Å². The van der Waals surface area contributed by atoms with E-state index < -0.39 is 0 Å². The van der Waals surface area contributed by atoms with Gasteiger partial charge in [0.15, 0.2) is 0 Å². The van der Waals surface area contributed by atoms with Gasteiger partial charge in [-0.3, -0.25) is 0 Å². The molecule has 4 heteroatoms. The van der Waals surface area contributed by atoms with Crippen LogP contribution in [0.15, 0.2) is 42.5 Å². The van der Waals surface area contributed by atoms with E-state index in [1.807, 2.05) is 24.3 Å². The molecule has 0 fully saturated rings. The van der Waals surface area contributed by atoms with E-state index >= 15 is 0 Å². The molecule has 0 amide bonds. The Labute approximate surface area is 166 Å². The van der Waals surface area contributed by atoms with Gasteiger partial charge in [-0.15, -0.1) is 0 Å². The Balaban J connectivity index is 2.17. The van der Waals surface area contributed by atoms with Gasteiger partial charge >= 0.3 is 0 Å². The first-order valence-corrected chi connectivity index (χ1v) is 9.18. The third-order valence-electron chi connectivity index (χ3n) is 5.12. The second-order valence-corrected chi connectivity index (χ2v) is 7.77. The number of hydrogen-bond acceptors (Lipinski definition) is 3. The maximum absolute atomic E-state index is 9.67. The van der Waals surface area contributed by atoms with Crippen LogP contribution < -0.4 is 9.64 Å². The van der Waals surface area contributed by atoms with E-state index in [9.17, 15) is 5.26 Å². The van der Waals surface area contributed by atoms with E-state index in [0.29, 0.717) is 10.6 Å². The summed E-state index contributed by atoms with van der Waals surface area (Å²) in [5.74, 6) is 0.737. The lowest BCUT2D eigenvalue weighted by atomic mass is 9.88. The van der Waals surface area contributed by atoms with Crippen LogP contribution in [0.5, 0.6) is 5.75 Å². The Morgan fingerprint density at radius 2 is 2.00 bits per heavy atom. The standard InChI is InChI=1S/C23H23ClN2O/c1-15-13-23(2,3)26(4)21-12-22(27-5)17(11-20(15)21)9-18(14-25)16-7-6-8-19(24)10-16/h6-13H,1-5H3/b18-9+. The molecule has 0 bridgehead atoms. The largest absolute Gasteiger partial charge is 0.496 e. The van der Waals surface area contributed by atoms with Crippen LogP contribution in [0.1, 0.15) is 37.5 Å². The van der Waals surface area contributed by atoms with Gasteiger partial charge in [0.2, 0.25) is 0 Å². The molecule has 1 aliphatic rings. The number of rotatable bonds is 3. The number of benzene rings is 2. The molecule has 0 saturated carbocycles. The molecule has 0 saturated heterocycles. The number of halogens is 1. The maximum atomic E-state index is 9.67. The van der Waals surface area contributed by atoms with E-state index in [1.165, 1.54) is 5.57 Å². The van der Waals surface area contributed by atoms with Gasteiger partial charge in [0.05, 0.1) is 24.3 Å². The van der Waals surface area contributed by atoms with Crippen LogP contribution in [-0.4, -0.2) is 19.7 Å².